The quantitative estimate of drug-likeness (QED) is 0.427. The van der Waals surface area contributed by atoms with Crippen LogP contribution in [0.15, 0.2) is 47.5 Å². The Bertz CT molecular complexity index is 1350. The summed E-state index contributed by atoms with van der Waals surface area (Å²) < 4.78 is 5.73. The number of nitrogens with zero attached hydrogens (tertiary/aromatic N) is 3. The Labute approximate surface area is 215 Å². The number of nitrogens with one attached hydrogen (secondary N) is 2. The molecule has 0 bridgehead atoms. The molecule has 1 aliphatic rings. The van der Waals surface area contributed by atoms with Crippen LogP contribution in [0.25, 0.3) is 10.9 Å². The van der Waals surface area contributed by atoms with E-state index in [-0.39, 0.29) is 18.1 Å². The van der Waals surface area contributed by atoms with Gasteiger partial charge in [-0.15, -0.1) is 0 Å². The standard InChI is InChI=1S/C27H34N6O4/c1-27(2,3)37-26(36)32(13-5-7-18-8-10-20-22(14-18)29-16-30-24(20)34)33-17-31-25(35)21-11-9-19(6-4-12-28)15-23(21)33/h8-11,14-16H,4-7,12-13,17,28H2,1-3H3,(H,31,35)(H,29,30,34). The number of amides is 2. The number of nitrogens with two attached hydrogens (primary N) is 1. The number of hydrogen-bond donors (Lipinski definition) is 3. The molecule has 0 saturated heterocycles. The van der Waals surface area contributed by atoms with Crippen LogP contribution in [0, 0.1) is 0 Å². The highest BCUT2D eigenvalue weighted by atomic mass is 16.6. The Morgan fingerprint density at radius 1 is 1.11 bits per heavy atom. The number of aromatic amines is 1. The fourth-order valence-corrected chi connectivity index (χ4v) is 4.31. The molecule has 0 atom stereocenters. The molecule has 1 aliphatic heterocycles. The maximum atomic E-state index is 13.3. The van der Waals surface area contributed by atoms with Crippen LogP contribution in [0.3, 0.4) is 0 Å². The Kier molecular flexibility index (Phi) is 7.77. The summed E-state index contributed by atoms with van der Waals surface area (Å²) in [6, 6.07) is 11.2. The third-order valence-corrected chi connectivity index (χ3v) is 6.08. The molecule has 0 spiro atoms. The van der Waals surface area contributed by atoms with Crippen LogP contribution in [0.5, 0.6) is 0 Å². The molecule has 0 saturated carbocycles. The molecule has 1 aromatic heterocycles. The monoisotopic (exact) mass is 506 g/mol. The minimum Gasteiger partial charge on any atom is -0.442 e. The molecule has 3 aromatic rings. The van der Waals surface area contributed by atoms with Gasteiger partial charge in [0.2, 0.25) is 0 Å². The molecule has 10 nitrogen and oxygen atoms in total. The number of H-pyrrole nitrogens is 1. The smallest absolute Gasteiger partial charge is 0.429 e. The van der Waals surface area contributed by atoms with Crippen molar-refractivity contribution in [2.45, 2.75) is 52.1 Å². The van der Waals surface area contributed by atoms with E-state index in [1.54, 1.807) is 22.2 Å². The van der Waals surface area contributed by atoms with E-state index in [1.165, 1.54) is 6.33 Å². The van der Waals surface area contributed by atoms with Gasteiger partial charge in [-0.25, -0.2) is 14.8 Å². The third-order valence-electron chi connectivity index (χ3n) is 6.08. The second-order valence-electron chi connectivity index (χ2n) is 10.1. The molecular weight excluding hydrogens is 472 g/mol. The van der Waals surface area contributed by atoms with Crippen molar-refractivity contribution < 1.29 is 14.3 Å². The Hall–Kier alpha value is -3.92. The molecule has 2 amide bonds. The molecule has 4 rings (SSSR count). The summed E-state index contributed by atoms with van der Waals surface area (Å²) in [4.78, 5) is 44.7. The molecule has 0 aliphatic carbocycles. The van der Waals surface area contributed by atoms with Gasteiger partial charge < -0.3 is 20.8 Å². The first kappa shape index (κ1) is 26.2. The van der Waals surface area contributed by atoms with Crippen molar-refractivity contribution in [2.75, 3.05) is 24.8 Å². The zero-order valence-electron chi connectivity index (χ0n) is 21.5. The van der Waals surface area contributed by atoms with Crippen LogP contribution >= 0.6 is 0 Å². The molecule has 4 N–H and O–H groups in total. The molecule has 0 fully saturated rings. The van der Waals surface area contributed by atoms with E-state index >= 15 is 0 Å². The highest BCUT2D eigenvalue weighted by Gasteiger charge is 2.32. The lowest BCUT2D eigenvalue weighted by molar-refractivity contribution is 0.0212. The van der Waals surface area contributed by atoms with Crippen molar-refractivity contribution in [3.63, 3.8) is 0 Å². The van der Waals surface area contributed by atoms with E-state index in [2.05, 4.69) is 15.3 Å². The number of fused-ring (bicyclic) bond motifs is 2. The number of hydrogen-bond acceptors (Lipinski definition) is 7. The molecule has 2 heterocycles. The van der Waals surface area contributed by atoms with Crippen LogP contribution in [-0.2, 0) is 17.6 Å². The number of hydrazine groups is 1. The van der Waals surface area contributed by atoms with Crippen molar-refractivity contribution in [3.05, 3.63) is 69.8 Å². The van der Waals surface area contributed by atoms with Gasteiger partial charge in [0, 0.05) is 6.54 Å². The van der Waals surface area contributed by atoms with Crippen LogP contribution in [0.1, 0.15) is 55.1 Å². The lowest BCUT2D eigenvalue weighted by Crippen LogP contribution is -2.56. The number of benzene rings is 2. The van der Waals surface area contributed by atoms with Crippen LogP contribution in [0.2, 0.25) is 0 Å². The Morgan fingerprint density at radius 3 is 2.59 bits per heavy atom. The topological polar surface area (TPSA) is 134 Å². The predicted molar refractivity (Wildman–Crippen MR) is 142 cm³/mol. The average molecular weight is 507 g/mol. The highest BCUT2D eigenvalue weighted by Crippen LogP contribution is 2.28. The molecule has 196 valence electrons. The molecule has 2 aromatic carbocycles. The van der Waals surface area contributed by atoms with Gasteiger partial charge in [0.1, 0.15) is 12.3 Å². The maximum Gasteiger partial charge on any atom is 0.429 e. The Morgan fingerprint density at radius 2 is 1.84 bits per heavy atom. The molecule has 0 unspecified atom stereocenters. The van der Waals surface area contributed by atoms with Gasteiger partial charge in [-0.05, 0) is 88.4 Å². The van der Waals surface area contributed by atoms with Crippen molar-refractivity contribution in [3.8, 4) is 0 Å². The number of carbonyl (C=O) groups excluding carboxylic acids is 2. The first-order chi connectivity index (χ1) is 17.7. The van der Waals surface area contributed by atoms with Crippen molar-refractivity contribution in [2.24, 2.45) is 5.73 Å². The largest absolute Gasteiger partial charge is 0.442 e. The van der Waals surface area contributed by atoms with E-state index < -0.39 is 11.7 Å². The minimum atomic E-state index is -0.683. The maximum absolute atomic E-state index is 13.3. The minimum absolute atomic E-state index is 0.147. The molecule has 37 heavy (non-hydrogen) atoms. The number of rotatable bonds is 8. The van der Waals surface area contributed by atoms with E-state index in [4.69, 9.17) is 10.5 Å². The van der Waals surface area contributed by atoms with Crippen LogP contribution in [0.4, 0.5) is 10.5 Å². The second kappa shape index (κ2) is 11.0. The first-order valence-electron chi connectivity index (χ1n) is 12.5. The van der Waals surface area contributed by atoms with Gasteiger partial charge in [0.05, 0.1) is 28.5 Å². The summed E-state index contributed by atoms with van der Waals surface area (Å²) in [5.74, 6) is -0.181. The summed E-state index contributed by atoms with van der Waals surface area (Å²) in [6.45, 7) is 6.55. The number of ether oxygens (including phenoxy) is 1. The van der Waals surface area contributed by atoms with Gasteiger partial charge in [-0.3, -0.25) is 14.6 Å². The van der Waals surface area contributed by atoms with Gasteiger partial charge in [-0.1, -0.05) is 12.1 Å². The van der Waals surface area contributed by atoms with Crippen molar-refractivity contribution in [1.82, 2.24) is 20.3 Å². The summed E-state index contributed by atoms with van der Waals surface area (Å²) in [6.07, 6.45) is 3.79. The molecular formula is C27H34N6O4. The van der Waals surface area contributed by atoms with Gasteiger partial charge >= 0.3 is 6.09 Å². The fraction of sp³-hybridized carbons (Fsp3) is 0.407. The normalized spacial score (nSPS) is 13.3. The molecule has 10 heteroatoms. The van der Waals surface area contributed by atoms with Crippen LogP contribution in [-0.4, -0.2) is 52.3 Å². The van der Waals surface area contributed by atoms with Gasteiger partial charge in [-0.2, -0.15) is 0 Å². The van der Waals surface area contributed by atoms with Crippen molar-refractivity contribution in [1.29, 1.82) is 0 Å². The molecule has 0 radical (unpaired) electrons. The number of carbonyl (C=O) groups is 2. The third kappa shape index (κ3) is 6.26. The van der Waals surface area contributed by atoms with Gasteiger partial charge in [0.15, 0.2) is 0 Å². The zero-order chi connectivity index (χ0) is 26.6. The summed E-state index contributed by atoms with van der Waals surface area (Å²) in [7, 11) is 0. The van der Waals surface area contributed by atoms with Gasteiger partial charge in [0.25, 0.3) is 11.5 Å². The van der Waals surface area contributed by atoms with E-state index in [9.17, 15) is 14.4 Å². The summed E-state index contributed by atoms with van der Waals surface area (Å²) in [5, 5.41) is 6.73. The SMILES string of the molecule is CC(C)(C)OC(=O)N(CCCc1ccc2c(=O)[nH]cnc2c1)N1CNC(=O)c2ccc(CCCN)cc21. The van der Waals surface area contributed by atoms with E-state index in [1.807, 2.05) is 45.0 Å². The lowest BCUT2D eigenvalue weighted by Gasteiger charge is -2.40. The van der Waals surface area contributed by atoms with E-state index in [0.717, 1.165) is 24.0 Å². The summed E-state index contributed by atoms with van der Waals surface area (Å²) >= 11 is 0. The number of aryl methyl sites for hydroxylation is 2. The van der Waals surface area contributed by atoms with E-state index in [0.29, 0.717) is 48.1 Å². The number of anilines is 1. The zero-order valence-corrected chi connectivity index (χ0v) is 21.5. The average Bonchev–Trinajstić information content (AvgIpc) is 2.85. The predicted octanol–water partition coefficient (Wildman–Crippen LogP) is 3.11. The van der Waals surface area contributed by atoms with Crippen molar-refractivity contribution >= 4 is 28.6 Å². The number of aromatic nitrogens is 2. The summed E-state index contributed by atoms with van der Waals surface area (Å²) in [5.41, 5.74) is 8.67. The lowest BCUT2D eigenvalue weighted by atomic mass is 10.0. The second-order valence-corrected chi connectivity index (χ2v) is 10.1. The first-order valence-corrected chi connectivity index (χ1v) is 12.5. The fourth-order valence-electron chi connectivity index (χ4n) is 4.31. The Balaban J connectivity index is 1.58. The van der Waals surface area contributed by atoms with Crippen LogP contribution < -0.4 is 21.6 Å². The highest BCUT2D eigenvalue weighted by molar-refractivity contribution is 6.01.